The Bertz CT molecular complexity index is 1190. The molecule has 0 spiro atoms. The Labute approximate surface area is 172 Å². The number of fused-ring (bicyclic) bond motifs is 2. The SMILES string of the molecule is O[C@H](c1nc2ccc(Cl)cc2[nH]1)N1CCC(c2ccnc3ccc(F)cc23)CC1. The van der Waals surface area contributed by atoms with E-state index in [1.807, 2.05) is 17.0 Å². The number of likely N-dealkylation sites (tertiary alicyclic amines) is 1. The number of imidazole rings is 1. The van der Waals surface area contributed by atoms with Crippen molar-refractivity contribution < 1.29 is 9.50 Å². The standard InChI is InChI=1S/C22H20ClFN4O/c23-14-1-3-19-20(11-14)27-21(26-19)22(29)28-9-6-13(7-10-28)16-5-8-25-18-4-2-15(24)12-17(16)18/h1-5,8,11-13,22,29H,6-7,9-10H2,(H,26,27)/t22-/m1/s1. The molecule has 148 valence electrons. The lowest BCUT2D eigenvalue weighted by Crippen LogP contribution is -2.36. The van der Waals surface area contributed by atoms with E-state index in [0.717, 1.165) is 53.4 Å². The van der Waals surface area contributed by atoms with Crippen molar-refractivity contribution in [1.82, 2.24) is 19.9 Å². The average Bonchev–Trinajstić information content (AvgIpc) is 3.16. The minimum Gasteiger partial charge on any atom is -0.371 e. The van der Waals surface area contributed by atoms with Crippen molar-refractivity contribution in [2.24, 2.45) is 0 Å². The fraction of sp³-hybridized carbons (Fsp3) is 0.273. The summed E-state index contributed by atoms with van der Waals surface area (Å²) in [6.45, 7) is 1.45. The van der Waals surface area contributed by atoms with Crippen LogP contribution in [0.3, 0.4) is 0 Å². The van der Waals surface area contributed by atoms with Gasteiger partial charge in [0, 0.05) is 29.7 Å². The molecule has 1 fully saturated rings. The predicted molar refractivity (Wildman–Crippen MR) is 111 cm³/mol. The van der Waals surface area contributed by atoms with Crippen molar-refractivity contribution in [3.8, 4) is 0 Å². The van der Waals surface area contributed by atoms with Crippen LogP contribution in [0.1, 0.15) is 36.4 Å². The molecule has 3 heterocycles. The molecule has 29 heavy (non-hydrogen) atoms. The molecule has 5 nitrogen and oxygen atoms in total. The largest absolute Gasteiger partial charge is 0.371 e. The normalized spacial score (nSPS) is 17.2. The summed E-state index contributed by atoms with van der Waals surface area (Å²) in [5.41, 5.74) is 3.53. The third kappa shape index (κ3) is 3.48. The summed E-state index contributed by atoms with van der Waals surface area (Å²) in [5, 5.41) is 12.3. The van der Waals surface area contributed by atoms with Gasteiger partial charge in [-0.3, -0.25) is 9.88 Å². The Morgan fingerprint density at radius 1 is 1.10 bits per heavy atom. The third-order valence-electron chi connectivity index (χ3n) is 5.76. The zero-order valence-corrected chi connectivity index (χ0v) is 16.4. The lowest BCUT2D eigenvalue weighted by molar-refractivity contribution is -0.0185. The summed E-state index contributed by atoms with van der Waals surface area (Å²) in [6, 6.07) is 12.2. The number of piperidine rings is 1. The number of aromatic amines is 1. The molecule has 0 bridgehead atoms. The molecular weight excluding hydrogens is 391 g/mol. The molecule has 1 atom stereocenters. The van der Waals surface area contributed by atoms with E-state index in [-0.39, 0.29) is 5.82 Å². The Hall–Kier alpha value is -2.54. The van der Waals surface area contributed by atoms with Gasteiger partial charge in [-0.25, -0.2) is 9.37 Å². The van der Waals surface area contributed by atoms with E-state index in [1.54, 1.807) is 30.5 Å². The second kappa shape index (κ2) is 7.37. The molecule has 1 aliphatic heterocycles. The molecule has 7 heteroatoms. The van der Waals surface area contributed by atoms with Crippen LogP contribution in [0, 0.1) is 5.82 Å². The van der Waals surface area contributed by atoms with Crippen LogP contribution in [0.25, 0.3) is 21.9 Å². The van der Waals surface area contributed by atoms with Gasteiger partial charge in [-0.1, -0.05) is 11.6 Å². The number of aliphatic hydroxyl groups is 1. The quantitative estimate of drug-likeness (QED) is 0.510. The topological polar surface area (TPSA) is 65.0 Å². The highest BCUT2D eigenvalue weighted by Crippen LogP contribution is 2.34. The first-order valence-corrected chi connectivity index (χ1v) is 10.1. The minimum absolute atomic E-state index is 0.246. The molecule has 1 aliphatic rings. The van der Waals surface area contributed by atoms with Crippen molar-refractivity contribution >= 4 is 33.5 Å². The van der Waals surface area contributed by atoms with E-state index in [4.69, 9.17) is 11.6 Å². The first kappa shape index (κ1) is 18.5. The fourth-order valence-electron chi connectivity index (χ4n) is 4.25. The molecule has 0 aliphatic carbocycles. The number of hydrogen-bond acceptors (Lipinski definition) is 4. The molecule has 0 radical (unpaired) electrons. The van der Waals surface area contributed by atoms with Crippen LogP contribution < -0.4 is 0 Å². The van der Waals surface area contributed by atoms with E-state index in [2.05, 4.69) is 15.0 Å². The van der Waals surface area contributed by atoms with Crippen LogP contribution in [-0.4, -0.2) is 38.0 Å². The zero-order chi connectivity index (χ0) is 20.0. The smallest absolute Gasteiger partial charge is 0.166 e. The summed E-state index contributed by atoms with van der Waals surface area (Å²) in [4.78, 5) is 14.0. The van der Waals surface area contributed by atoms with Crippen molar-refractivity contribution in [3.63, 3.8) is 0 Å². The highest BCUT2D eigenvalue weighted by atomic mass is 35.5. The number of benzene rings is 2. The van der Waals surface area contributed by atoms with E-state index < -0.39 is 6.23 Å². The van der Waals surface area contributed by atoms with Crippen molar-refractivity contribution in [1.29, 1.82) is 0 Å². The first-order valence-electron chi connectivity index (χ1n) is 9.70. The molecule has 2 aromatic heterocycles. The summed E-state index contributed by atoms with van der Waals surface area (Å²) < 4.78 is 13.8. The van der Waals surface area contributed by atoms with Crippen LogP contribution in [0.2, 0.25) is 5.02 Å². The number of aromatic nitrogens is 3. The first-order chi connectivity index (χ1) is 14.1. The highest BCUT2D eigenvalue weighted by molar-refractivity contribution is 6.31. The summed E-state index contributed by atoms with van der Waals surface area (Å²) >= 11 is 6.03. The second-order valence-electron chi connectivity index (χ2n) is 7.53. The molecule has 0 unspecified atom stereocenters. The summed E-state index contributed by atoms with van der Waals surface area (Å²) in [6.07, 6.45) is 2.74. The number of pyridine rings is 1. The Balaban J connectivity index is 1.34. The van der Waals surface area contributed by atoms with Crippen LogP contribution in [0.5, 0.6) is 0 Å². The molecule has 0 saturated carbocycles. The Morgan fingerprint density at radius 3 is 2.72 bits per heavy atom. The molecule has 5 rings (SSSR count). The van der Waals surface area contributed by atoms with Crippen molar-refractivity contribution in [3.05, 3.63) is 70.9 Å². The van der Waals surface area contributed by atoms with Crippen LogP contribution in [-0.2, 0) is 0 Å². The molecular formula is C22H20ClFN4O. The maximum absolute atomic E-state index is 13.8. The molecule has 2 N–H and O–H groups in total. The van der Waals surface area contributed by atoms with Crippen LogP contribution in [0.15, 0.2) is 48.7 Å². The molecule has 1 saturated heterocycles. The number of aliphatic hydroxyl groups excluding tert-OH is 1. The van der Waals surface area contributed by atoms with Gasteiger partial charge in [-0.05, 0) is 66.8 Å². The summed E-state index contributed by atoms with van der Waals surface area (Å²) in [7, 11) is 0. The number of H-pyrrole nitrogens is 1. The van der Waals surface area contributed by atoms with E-state index in [9.17, 15) is 9.50 Å². The van der Waals surface area contributed by atoms with Gasteiger partial charge < -0.3 is 10.1 Å². The van der Waals surface area contributed by atoms with Crippen molar-refractivity contribution in [2.75, 3.05) is 13.1 Å². The lowest BCUT2D eigenvalue weighted by atomic mass is 9.87. The van der Waals surface area contributed by atoms with E-state index in [1.165, 1.54) is 6.07 Å². The highest BCUT2D eigenvalue weighted by Gasteiger charge is 2.28. The minimum atomic E-state index is -0.797. The number of halogens is 2. The zero-order valence-electron chi connectivity index (χ0n) is 15.6. The van der Waals surface area contributed by atoms with Gasteiger partial charge in [0.25, 0.3) is 0 Å². The Kier molecular flexibility index (Phi) is 4.70. The van der Waals surface area contributed by atoms with Gasteiger partial charge in [-0.15, -0.1) is 0 Å². The monoisotopic (exact) mass is 410 g/mol. The summed E-state index contributed by atoms with van der Waals surface area (Å²) in [5.74, 6) is 0.585. The van der Waals surface area contributed by atoms with Gasteiger partial charge >= 0.3 is 0 Å². The third-order valence-corrected chi connectivity index (χ3v) is 5.99. The molecule has 4 aromatic rings. The number of nitrogens with one attached hydrogen (secondary N) is 1. The average molecular weight is 411 g/mol. The molecule has 0 amide bonds. The van der Waals surface area contributed by atoms with E-state index >= 15 is 0 Å². The Morgan fingerprint density at radius 2 is 1.90 bits per heavy atom. The van der Waals surface area contributed by atoms with Gasteiger partial charge in [0.1, 0.15) is 5.82 Å². The van der Waals surface area contributed by atoms with Crippen LogP contribution >= 0.6 is 11.6 Å². The molecule has 2 aromatic carbocycles. The lowest BCUT2D eigenvalue weighted by Gasteiger charge is -2.34. The maximum atomic E-state index is 13.8. The van der Waals surface area contributed by atoms with Crippen molar-refractivity contribution in [2.45, 2.75) is 25.0 Å². The van der Waals surface area contributed by atoms with Crippen LogP contribution in [0.4, 0.5) is 4.39 Å². The van der Waals surface area contributed by atoms with E-state index in [0.29, 0.717) is 16.8 Å². The second-order valence-corrected chi connectivity index (χ2v) is 7.97. The number of rotatable bonds is 3. The predicted octanol–water partition coefficient (Wildman–Crippen LogP) is 4.77. The van der Waals surface area contributed by atoms with Gasteiger partial charge in [0.05, 0.1) is 16.6 Å². The van der Waals surface area contributed by atoms with Gasteiger partial charge in [-0.2, -0.15) is 0 Å². The van der Waals surface area contributed by atoms with Gasteiger partial charge in [0.15, 0.2) is 12.1 Å². The fourth-order valence-corrected chi connectivity index (χ4v) is 4.42. The number of hydrogen-bond donors (Lipinski definition) is 2. The maximum Gasteiger partial charge on any atom is 0.166 e. The van der Waals surface area contributed by atoms with Gasteiger partial charge in [0.2, 0.25) is 0 Å². The number of nitrogens with zero attached hydrogens (tertiary/aromatic N) is 3.